The smallest absolute Gasteiger partial charge is 0.119 e. The minimum absolute atomic E-state index is 0.0768. The normalized spacial score (nSPS) is 18.3. The predicted octanol–water partition coefficient (Wildman–Crippen LogP) is 2.58. The van der Waals surface area contributed by atoms with Crippen molar-refractivity contribution in [2.24, 2.45) is 0 Å². The van der Waals surface area contributed by atoms with Gasteiger partial charge in [0.15, 0.2) is 0 Å². The summed E-state index contributed by atoms with van der Waals surface area (Å²) >= 11 is 0. The first-order valence-corrected chi connectivity index (χ1v) is 8.55. The Morgan fingerprint density at radius 3 is 2.86 bits per heavy atom. The maximum atomic E-state index is 9.51. The number of aliphatic hydroxyl groups excluding tert-OH is 1. The van der Waals surface area contributed by atoms with E-state index in [1.165, 1.54) is 5.56 Å². The van der Waals surface area contributed by atoms with Crippen LogP contribution in [0.3, 0.4) is 0 Å². The van der Waals surface area contributed by atoms with Crippen LogP contribution in [-0.2, 0) is 0 Å². The number of ether oxygens (including phenoxy) is 1. The second-order valence-electron chi connectivity index (χ2n) is 6.11. The van der Waals surface area contributed by atoms with Crippen LogP contribution in [-0.4, -0.2) is 48.9 Å². The maximum Gasteiger partial charge on any atom is 0.119 e. The fourth-order valence-corrected chi connectivity index (χ4v) is 2.92. The Balaban J connectivity index is 1.67. The van der Waals surface area contributed by atoms with Crippen LogP contribution in [0.25, 0.3) is 0 Å². The molecule has 0 aliphatic carbocycles. The molecule has 2 rings (SSSR count). The lowest BCUT2D eigenvalue weighted by Crippen LogP contribution is -2.37. The Labute approximate surface area is 134 Å². The summed E-state index contributed by atoms with van der Waals surface area (Å²) in [4.78, 5) is 2.45. The van der Waals surface area contributed by atoms with Crippen LogP contribution < -0.4 is 10.1 Å². The monoisotopic (exact) mass is 306 g/mol. The molecule has 22 heavy (non-hydrogen) atoms. The quantitative estimate of drug-likeness (QED) is 0.725. The van der Waals surface area contributed by atoms with E-state index in [4.69, 9.17) is 4.74 Å². The van der Waals surface area contributed by atoms with Crippen LogP contribution in [0.1, 0.15) is 44.7 Å². The molecule has 1 aromatic rings. The summed E-state index contributed by atoms with van der Waals surface area (Å²) in [5.74, 6) is 0.945. The Bertz CT molecular complexity index is 431. The third-order valence-corrected chi connectivity index (χ3v) is 4.33. The summed E-state index contributed by atoms with van der Waals surface area (Å²) in [6.45, 7) is 9.11. The van der Waals surface area contributed by atoms with Crippen molar-refractivity contribution in [2.75, 3.05) is 32.8 Å². The van der Waals surface area contributed by atoms with Crippen LogP contribution in [0.2, 0.25) is 0 Å². The lowest BCUT2D eigenvalue weighted by molar-refractivity contribution is 0.0820. The van der Waals surface area contributed by atoms with Gasteiger partial charge in [0.1, 0.15) is 5.75 Å². The Morgan fingerprint density at radius 1 is 1.36 bits per heavy atom. The molecule has 1 aliphatic heterocycles. The highest BCUT2D eigenvalue weighted by atomic mass is 16.5. The summed E-state index contributed by atoms with van der Waals surface area (Å²) in [6, 6.07) is 8.66. The Kier molecular flexibility index (Phi) is 7.16. The van der Waals surface area contributed by atoms with Crippen molar-refractivity contribution in [3.63, 3.8) is 0 Å². The number of nitrogens with zero attached hydrogens (tertiary/aromatic N) is 1. The number of aliphatic hydroxyl groups is 1. The van der Waals surface area contributed by atoms with Crippen LogP contribution in [0, 0.1) is 0 Å². The molecule has 0 amide bonds. The molecule has 0 spiro atoms. The second kappa shape index (κ2) is 9.13. The van der Waals surface area contributed by atoms with Gasteiger partial charge in [-0.25, -0.2) is 0 Å². The van der Waals surface area contributed by atoms with Gasteiger partial charge in [-0.1, -0.05) is 12.1 Å². The van der Waals surface area contributed by atoms with Crippen molar-refractivity contribution in [2.45, 2.75) is 45.3 Å². The molecule has 124 valence electrons. The maximum absolute atomic E-state index is 9.51. The molecule has 4 heteroatoms. The van der Waals surface area contributed by atoms with Crippen molar-refractivity contribution in [1.29, 1.82) is 0 Å². The van der Waals surface area contributed by atoms with Crippen LogP contribution in [0.4, 0.5) is 0 Å². The van der Waals surface area contributed by atoms with E-state index < -0.39 is 0 Å². The highest BCUT2D eigenvalue weighted by Gasteiger charge is 2.16. The fourth-order valence-electron chi connectivity index (χ4n) is 2.92. The van der Waals surface area contributed by atoms with Gasteiger partial charge in [0.05, 0.1) is 12.7 Å². The van der Waals surface area contributed by atoms with Gasteiger partial charge < -0.3 is 20.1 Å². The molecule has 0 aromatic heterocycles. The number of hydrogen-bond donors (Lipinski definition) is 2. The summed E-state index contributed by atoms with van der Waals surface area (Å²) < 4.78 is 5.56. The van der Waals surface area contributed by atoms with Crippen LogP contribution in [0.15, 0.2) is 24.3 Å². The molecule has 0 saturated carbocycles. The number of nitrogens with one attached hydrogen (secondary N) is 1. The molecular weight excluding hydrogens is 276 g/mol. The van der Waals surface area contributed by atoms with E-state index in [9.17, 15) is 5.11 Å². The van der Waals surface area contributed by atoms with E-state index in [1.54, 1.807) is 0 Å². The molecule has 1 aliphatic rings. The summed E-state index contributed by atoms with van der Waals surface area (Å²) in [5, 5.41) is 13.1. The molecular formula is C18H30N2O2. The third kappa shape index (κ3) is 5.59. The zero-order valence-corrected chi connectivity index (χ0v) is 13.9. The van der Waals surface area contributed by atoms with Crippen molar-refractivity contribution in [3.05, 3.63) is 29.8 Å². The first-order valence-electron chi connectivity index (χ1n) is 8.55. The molecule has 1 atom stereocenters. The molecule has 1 heterocycles. The highest BCUT2D eigenvalue weighted by molar-refractivity contribution is 5.30. The number of piperidine rings is 1. The molecule has 2 N–H and O–H groups in total. The van der Waals surface area contributed by atoms with Gasteiger partial charge in [-0.2, -0.15) is 0 Å². The average molecular weight is 306 g/mol. The van der Waals surface area contributed by atoms with Crippen molar-refractivity contribution >= 4 is 0 Å². The number of likely N-dealkylation sites (tertiary alicyclic amines) is 1. The largest absolute Gasteiger partial charge is 0.494 e. The molecule has 1 unspecified atom stereocenters. The van der Waals surface area contributed by atoms with Gasteiger partial charge in [-0.15, -0.1) is 0 Å². The van der Waals surface area contributed by atoms with Crippen molar-refractivity contribution in [3.8, 4) is 5.75 Å². The highest BCUT2D eigenvalue weighted by Crippen LogP contribution is 2.19. The molecule has 1 saturated heterocycles. The van der Waals surface area contributed by atoms with Crippen LogP contribution in [0.5, 0.6) is 5.75 Å². The summed E-state index contributed by atoms with van der Waals surface area (Å²) in [7, 11) is 0. The number of hydrogen-bond acceptors (Lipinski definition) is 4. The Hall–Kier alpha value is -1.10. The lowest BCUT2D eigenvalue weighted by Gasteiger charge is -2.29. The molecule has 1 fully saturated rings. The Morgan fingerprint density at radius 2 is 2.14 bits per heavy atom. The first kappa shape index (κ1) is 17.3. The van der Waals surface area contributed by atoms with E-state index >= 15 is 0 Å². The number of benzene rings is 1. The van der Waals surface area contributed by atoms with Gasteiger partial charge in [0.2, 0.25) is 0 Å². The lowest BCUT2D eigenvalue weighted by atomic mass is 10.1. The molecule has 0 radical (unpaired) electrons. The minimum atomic E-state index is -0.0768. The second-order valence-corrected chi connectivity index (χ2v) is 6.11. The predicted molar refractivity (Wildman–Crippen MR) is 90.3 cm³/mol. The van der Waals surface area contributed by atoms with Crippen LogP contribution >= 0.6 is 0 Å². The third-order valence-electron chi connectivity index (χ3n) is 4.33. The van der Waals surface area contributed by atoms with Crippen molar-refractivity contribution in [1.82, 2.24) is 10.2 Å². The summed E-state index contributed by atoms with van der Waals surface area (Å²) in [6.07, 6.45) is 2.92. The average Bonchev–Trinajstić information content (AvgIpc) is 2.53. The van der Waals surface area contributed by atoms with Crippen molar-refractivity contribution < 1.29 is 9.84 Å². The van der Waals surface area contributed by atoms with Gasteiger partial charge in [0.25, 0.3) is 0 Å². The summed E-state index contributed by atoms with van der Waals surface area (Å²) in [5.41, 5.74) is 1.27. The SMILES string of the molecule is CCOc1cccc(C(C)NCCCN2CCC(O)CC2)c1. The van der Waals surface area contributed by atoms with Gasteiger partial charge in [0, 0.05) is 19.1 Å². The first-order chi connectivity index (χ1) is 10.7. The topological polar surface area (TPSA) is 44.7 Å². The van der Waals surface area contributed by atoms with E-state index in [2.05, 4.69) is 35.3 Å². The molecule has 0 bridgehead atoms. The van der Waals surface area contributed by atoms with Gasteiger partial charge in [-0.3, -0.25) is 0 Å². The van der Waals surface area contributed by atoms with Gasteiger partial charge in [-0.05, 0) is 63.9 Å². The van der Waals surface area contributed by atoms with Gasteiger partial charge >= 0.3 is 0 Å². The zero-order chi connectivity index (χ0) is 15.8. The van der Waals surface area contributed by atoms with E-state index in [1.807, 2.05) is 13.0 Å². The minimum Gasteiger partial charge on any atom is -0.494 e. The standard InChI is InChI=1S/C18H30N2O2/c1-3-22-18-7-4-6-16(14-18)15(2)19-10-5-11-20-12-8-17(21)9-13-20/h4,6-7,14-15,17,19,21H,3,5,8-13H2,1-2H3. The van der Waals surface area contributed by atoms with E-state index in [0.717, 1.165) is 51.2 Å². The zero-order valence-electron chi connectivity index (χ0n) is 13.9. The number of rotatable bonds is 8. The molecule has 4 nitrogen and oxygen atoms in total. The molecule has 1 aromatic carbocycles. The van der Waals surface area contributed by atoms with E-state index in [-0.39, 0.29) is 6.10 Å². The fraction of sp³-hybridized carbons (Fsp3) is 0.667. The van der Waals surface area contributed by atoms with E-state index in [0.29, 0.717) is 12.6 Å².